The molecule has 1 fully saturated rings. The number of carbonyl (C=O) groups is 2. The van der Waals surface area contributed by atoms with Crippen molar-refractivity contribution in [1.82, 2.24) is 0 Å². The van der Waals surface area contributed by atoms with Crippen molar-refractivity contribution in [2.24, 2.45) is 0 Å². The minimum Gasteiger partial charge on any atom is -0.462 e. The van der Waals surface area contributed by atoms with Gasteiger partial charge in [0.2, 0.25) is 0 Å². The molecule has 318 valence electrons. The molecule has 0 aromatic rings. The second-order valence-electron chi connectivity index (χ2n) is 15.0. The molecule has 1 saturated heterocycles. The first kappa shape index (κ1) is 50.4. The van der Waals surface area contributed by atoms with E-state index in [9.17, 15) is 37.9 Å². The summed E-state index contributed by atoms with van der Waals surface area (Å²) in [4.78, 5) is 25.3. The lowest BCUT2D eigenvalue weighted by atomic mass is 10.00. The van der Waals surface area contributed by atoms with E-state index in [4.69, 9.17) is 18.9 Å². The molecule has 0 spiro atoms. The molecule has 6 atom stereocenters. The maximum atomic E-state index is 12.8. The quantitative estimate of drug-likeness (QED) is 0.0211. The molecule has 0 aromatic carbocycles. The van der Waals surface area contributed by atoms with E-state index >= 15 is 0 Å². The fourth-order valence-electron chi connectivity index (χ4n) is 6.49. The summed E-state index contributed by atoms with van der Waals surface area (Å²) in [5, 5.41) is 30.8. The molecule has 1 aliphatic rings. The Bertz CT molecular complexity index is 1070. The summed E-state index contributed by atoms with van der Waals surface area (Å²) in [5.41, 5.74) is 0. The first-order valence-corrected chi connectivity index (χ1v) is 22.9. The van der Waals surface area contributed by atoms with E-state index in [1.165, 1.54) is 83.5 Å². The largest absolute Gasteiger partial charge is 0.462 e. The zero-order valence-electron chi connectivity index (χ0n) is 33.6. The maximum Gasteiger partial charge on any atom is 0.306 e. The van der Waals surface area contributed by atoms with Crippen molar-refractivity contribution >= 4 is 22.1 Å². The van der Waals surface area contributed by atoms with Gasteiger partial charge in [-0.25, -0.2) is 0 Å². The second kappa shape index (κ2) is 32.5. The van der Waals surface area contributed by atoms with Crippen molar-refractivity contribution in [2.75, 3.05) is 19.0 Å². The number of esters is 2. The van der Waals surface area contributed by atoms with Crippen molar-refractivity contribution < 1.29 is 56.8 Å². The van der Waals surface area contributed by atoms with Gasteiger partial charge in [0.1, 0.15) is 36.8 Å². The lowest BCUT2D eigenvalue weighted by Crippen LogP contribution is -2.60. The van der Waals surface area contributed by atoms with Crippen LogP contribution in [-0.2, 0) is 38.7 Å². The van der Waals surface area contributed by atoms with Crippen LogP contribution in [-0.4, -0.2) is 96.0 Å². The highest BCUT2D eigenvalue weighted by Gasteiger charge is 2.46. The van der Waals surface area contributed by atoms with Crippen LogP contribution in [0.2, 0.25) is 0 Å². The number of aliphatic hydroxyl groups excluding tert-OH is 3. The molecule has 12 nitrogen and oxygen atoms in total. The van der Waals surface area contributed by atoms with E-state index in [0.717, 1.165) is 57.8 Å². The molecule has 1 rings (SSSR count). The average Bonchev–Trinajstić information content (AvgIpc) is 3.13. The van der Waals surface area contributed by atoms with Gasteiger partial charge in [0.05, 0.1) is 6.61 Å². The Morgan fingerprint density at radius 1 is 0.611 bits per heavy atom. The summed E-state index contributed by atoms with van der Waals surface area (Å²) < 4.78 is 53.9. The van der Waals surface area contributed by atoms with E-state index in [1.54, 1.807) is 0 Å². The first-order chi connectivity index (χ1) is 26.0. The van der Waals surface area contributed by atoms with Crippen LogP contribution in [0.4, 0.5) is 0 Å². The molecule has 1 heterocycles. The molecular formula is C41H76O12S. The second-order valence-corrected chi connectivity index (χ2v) is 16.5. The van der Waals surface area contributed by atoms with Gasteiger partial charge >= 0.3 is 11.9 Å². The van der Waals surface area contributed by atoms with Gasteiger partial charge in [0.15, 0.2) is 12.4 Å². The van der Waals surface area contributed by atoms with Gasteiger partial charge in [-0.2, -0.15) is 8.42 Å². The standard InChI is InChI=1S/C41H76O12S/c1-3-5-7-9-11-13-15-17-19-21-23-25-27-29-36(42)50-31-34(32-51-41-40(46)39(45)38(44)35(53-41)33-54(47,48)49)52-37(43)30-28-26-24-22-20-18-16-14-12-10-8-6-4-2/h14,16,34-35,38-41,44-46H,3-13,15,17-33H2,1-2H3,(H,47,48,49)/b16-14-. The third-order valence-electron chi connectivity index (χ3n) is 9.85. The summed E-state index contributed by atoms with van der Waals surface area (Å²) in [7, 11) is -4.60. The molecule has 54 heavy (non-hydrogen) atoms. The molecule has 0 amide bonds. The Morgan fingerprint density at radius 2 is 1.06 bits per heavy atom. The molecule has 6 unspecified atom stereocenters. The van der Waals surface area contributed by atoms with E-state index in [1.807, 2.05) is 0 Å². The number of carbonyl (C=O) groups excluding carboxylic acids is 2. The Balaban J connectivity index is 2.49. The highest BCUT2D eigenvalue weighted by molar-refractivity contribution is 7.85. The maximum absolute atomic E-state index is 12.8. The van der Waals surface area contributed by atoms with Crippen LogP contribution in [0.3, 0.4) is 0 Å². The molecule has 0 bridgehead atoms. The lowest BCUT2D eigenvalue weighted by Gasteiger charge is -2.40. The molecule has 0 aliphatic carbocycles. The molecular weight excluding hydrogens is 717 g/mol. The smallest absolute Gasteiger partial charge is 0.306 e. The third-order valence-corrected chi connectivity index (χ3v) is 10.6. The topological polar surface area (TPSA) is 186 Å². The molecule has 0 radical (unpaired) electrons. The fourth-order valence-corrected chi connectivity index (χ4v) is 7.19. The van der Waals surface area contributed by atoms with Crippen molar-refractivity contribution in [3.05, 3.63) is 12.2 Å². The minimum atomic E-state index is -4.60. The van der Waals surface area contributed by atoms with E-state index < -0.39 is 71.2 Å². The monoisotopic (exact) mass is 793 g/mol. The normalized spacial score (nSPS) is 21.0. The van der Waals surface area contributed by atoms with Gasteiger partial charge in [-0.1, -0.05) is 142 Å². The SMILES string of the molecule is CCCCCC/C=C\CCCCCCCC(=O)OC(COC(=O)CCCCCCCCCCCCCCC)COC1OC(CS(=O)(=O)O)C(O)C(O)C1O. The number of hydrogen-bond acceptors (Lipinski definition) is 11. The number of unbranched alkanes of at least 4 members (excludes halogenated alkanes) is 21. The molecule has 13 heteroatoms. The van der Waals surface area contributed by atoms with E-state index in [0.29, 0.717) is 12.8 Å². The molecule has 1 aliphatic heterocycles. The number of ether oxygens (including phenoxy) is 4. The number of hydrogen-bond donors (Lipinski definition) is 4. The van der Waals surface area contributed by atoms with Gasteiger partial charge in [-0.15, -0.1) is 0 Å². The number of allylic oxidation sites excluding steroid dienone is 2. The Kier molecular flexibility index (Phi) is 30.3. The summed E-state index contributed by atoms with van der Waals surface area (Å²) in [5.74, 6) is -1.99. The fraction of sp³-hybridized carbons (Fsp3) is 0.902. The van der Waals surface area contributed by atoms with Crippen LogP contribution in [0.5, 0.6) is 0 Å². The third kappa shape index (κ3) is 27.1. The summed E-state index contributed by atoms with van der Waals surface area (Å²) in [6, 6.07) is 0. The van der Waals surface area contributed by atoms with Crippen molar-refractivity contribution in [3.63, 3.8) is 0 Å². The predicted octanol–water partition coefficient (Wildman–Crippen LogP) is 7.89. The summed E-state index contributed by atoms with van der Waals surface area (Å²) in [6.45, 7) is 3.73. The molecule has 0 aromatic heterocycles. The van der Waals surface area contributed by atoms with E-state index in [2.05, 4.69) is 26.0 Å². The molecule has 4 N–H and O–H groups in total. The van der Waals surface area contributed by atoms with Crippen molar-refractivity contribution in [2.45, 2.75) is 218 Å². The number of aliphatic hydroxyl groups is 3. The van der Waals surface area contributed by atoms with Crippen LogP contribution in [0, 0.1) is 0 Å². The minimum absolute atomic E-state index is 0.158. The van der Waals surface area contributed by atoms with Crippen LogP contribution in [0.15, 0.2) is 12.2 Å². The average molecular weight is 793 g/mol. The van der Waals surface area contributed by atoms with Crippen LogP contribution in [0.1, 0.15) is 181 Å². The van der Waals surface area contributed by atoms with Crippen molar-refractivity contribution in [1.29, 1.82) is 0 Å². The van der Waals surface area contributed by atoms with Crippen LogP contribution in [0.25, 0.3) is 0 Å². The first-order valence-electron chi connectivity index (χ1n) is 21.2. The van der Waals surface area contributed by atoms with Crippen molar-refractivity contribution in [3.8, 4) is 0 Å². The summed E-state index contributed by atoms with van der Waals surface area (Å²) in [6.07, 6.45) is 22.6. The predicted molar refractivity (Wildman–Crippen MR) is 210 cm³/mol. The number of rotatable bonds is 35. The zero-order valence-corrected chi connectivity index (χ0v) is 34.4. The Morgan fingerprint density at radius 3 is 1.56 bits per heavy atom. The lowest BCUT2D eigenvalue weighted by molar-refractivity contribution is -0.297. The Hall–Kier alpha value is -1.61. The van der Waals surface area contributed by atoms with Gasteiger partial charge in [-0.05, 0) is 38.5 Å². The van der Waals surface area contributed by atoms with E-state index in [-0.39, 0.29) is 19.4 Å². The highest BCUT2D eigenvalue weighted by atomic mass is 32.2. The Labute approximate surface area is 326 Å². The molecule has 0 saturated carbocycles. The zero-order chi connectivity index (χ0) is 39.9. The van der Waals surface area contributed by atoms with Gasteiger partial charge in [-0.3, -0.25) is 14.1 Å². The highest BCUT2D eigenvalue weighted by Crippen LogP contribution is 2.24. The van der Waals surface area contributed by atoms with Gasteiger partial charge in [0, 0.05) is 12.8 Å². The van der Waals surface area contributed by atoms with Crippen LogP contribution >= 0.6 is 0 Å². The van der Waals surface area contributed by atoms with Gasteiger partial charge < -0.3 is 34.3 Å². The van der Waals surface area contributed by atoms with Crippen LogP contribution < -0.4 is 0 Å². The summed E-state index contributed by atoms with van der Waals surface area (Å²) >= 11 is 0. The van der Waals surface area contributed by atoms with Gasteiger partial charge in [0.25, 0.3) is 10.1 Å².